The first kappa shape index (κ1) is 13.8. The summed E-state index contributed by atoms with van der Waals surface area (Å²) in [6, 6.07) is 4.35. The second-order valence-corrected chi connectivity index (χ2v) is 6.29. The number of benzene rings is 1. The van der Waals surface area contributed by atoms with Crippen LogP contribution in [-0.2, 0) is 6.42 Å². The summed E-state index contributed by atoms with van der Waals surface area (Å²) in [4.78, 5) is 17.5. The Bertz CT molecular complexity index is 760. The van der Waals surface area contributed by atoms with Crippen molar-refractivity contribution in [3.8, 4) is 0 Å². The molecule has 2 aliphatic rings. The van der Waals surface area contributed by atoms with Gasteiger partial charge in [0.2, 0.25) is 0 Å². The number of halogens is 3. The van der Waals surface area contributed by atoms with Crippen LogP contribution in [0.2, 0.25) is 0 Å². The number of aromatic amines is 1. The number of Topliss-reactive ketones (excluding diaryl/α,β-unsaturated/α-hetero) is 1. The molecule has 1 atom stereocenters. The molecule has 0 amide bonds. The predicted octanol–water partition coefficient (Wildman–Crippen LogP) is 3.00. The maximum atomic E-state index is 13.5. The van der Waals surface area contributed by atoms with Gasteiger partial charge >= 0.3 is 0 Å². The minimum atomic E-state index is -2.62. The number of hydrogen-bond donors (Lipinski definition) is 1. The van der Waals surface area contributed by atoms with Crippen LogP contribution in [0.1, 0.15) is 22.5 Å². The topological polar surface area (TPSA) is 36.1 Å². The number of carbonyl (C=O) groups excluding carboxylic acids is 1. The van der Waals surface area contributed by atoms with Crippen molar-refractivity contribution in [3.05, 3.63) is 35.3 Å². The van der Waals surface area contributed by atoms with Gasteiger partial charge in [-0.3, -0.25) is 9.69 Å². The van der Waals surface area contributed by atoms with Gasteiger partial charge in [0.25, 0.3) is 5.92 Å². The van der Waals surface area contributed by atoms with E-state index in [-0.39, 0.29) is 30.6 Å². The molecule has 1 aromatic carbocycles. The lowest BCUT2D eigenvalue weighted by Crippen LogP contribution is -2.57. The molecule has 3 nitrogen and oxygen atoms in total. The molecule has 22 heavy (non-hydrogen) atoms. The summed E-state index contributed by atoms with van der Waals surface area (Å²) < 4.78 is 39.3. The summed E-state index contributed by atoms with van der Waals surface area (Å²) >= 11 is 0. The Labute approximate surface area is 125 Å². The van der Waals surface area contributed by atoms with E-state index in [0.29, 0.717) is 30.3 Å². The van der Waals surface area contributed by atoms with Gasteiger partial charge in [-0.1, -0.05) is 0 Å². The molecular formula is C16H15F3N2O. The quantitative estimate of drug-likeness (QED) is 0.926. The van der Waals surface area contributed by atoms with Crippen LogP contribution in [0.5, 0.6) is 0 Å². The molecule has 6 heteroatoms. The maximum absolute atomic E-state index is 13.5. The van der Waals surface area contributed by atoms with E-state index >= 15 is 0 Å². The third kappa shape index (κ3) is 2.13. The van der Waals surface area contributed by atoms with Crippen LogP contribution in [0, 0.1) is 11.7 Å². The first-order valence-corrected chi connectivity index (χ1v) is 7.37. The number of fused-ring (bicyclic) bond motifs is 3. The van der Waals surface area contributed by atoms with Crippen molar-refractivity contribution in [3.63, 3.8) is 0 Å². The zero-order valence-electron chi connectivity index (χ0n) is 11.8. The first-order valence-electron chi connectivity index (χ1n) is 7.37. The van der Waals surface area contributed by atoms with Crippen molar-refractivity contribution in [2.75, 3.05) is 19.6 Å². The number of likely N-dealkylation sites (tertiary alicyclic amines) is 1. The monoisotopic (exact) mass is 308 g/mol. The molecule has 2 aromatic rings. The van der Waals surface area contributed by atoms with Crippen molar-refractivity contribution in [2.45, 2.75) is 18.8 Å². The summed E-state index contributed by atoms with van der Waals surface area (Å²) in [5.74, 6) is -3.35. The summed E-state index contributed by atoms with van der Waals surface area (Å²) in [5, 5.41) is 0.596. The first-order chi connectivity index (χ1) is 10.4. The van der Waals surface area contributed by atoms with Crippen molar-refractivity contribution in [1.29, 1.82) is 0 Å². The normalized spacial score (nSPS) is 24.3. The van der Waals surface area contributed by atoms with Crippen molar-refractivity contribution < 1.29 is 18.0 Å². The Hall–Kier alpha value is -1.82. The lowest BCUT2D eigenvalue weighted by atomic mass is 9.84. The number of aromatic nitrogens is 1. The third-order valence-corrected chi connectivity index (χ3v) is 4.59. The van der Waals surface area contributed by atoms with Gasteiger partial charge in [0.05, 0.1) is 13.1 Å². The molecule has 1 saturated heterocycles. The van der Waals surface area contributed by atoms with Crippen LogP contribution in [-0.4, -0.2) is 41.2 Å². The smallest absolute Gasteiger partial charge is 0.272 e. The number of aryl methyl sites for hydroxylation is 1. The van der Waals surface area contributed by atoms with Crippen molar-refractivity contribution in [1.82, 2.24) is 9.88 Å². The van der Waals surface area contributed by atoms with Gasteiger partial charge in [-0.25, -0.2) is 13.2 Å². The van der Waals surface area contributed by atoms with Gasteiger partial charge in [-0.05, 0) is 31.0 Å². The molecule has 1 N–H and O–H groups in total. The highest BCUT2D eigenvalue weighted by Gasteiger charge is 2.45. The molecule has 0 saturated carbocycles. The van der Waals surface area contributed by atoms with E-state index in [1.54, 1.807) is 11.0 Å². The molecule has 0 radical (unpaired) electrons. The fraction of sp³-hybridized carbons (Fsp3) is 0.438. The van der Waals surface area contributed by atoms with Crippen LogP contribution in [0.4, 0.5) is 13.2 Å². The molecule has 0 bridgehead atoms. The molecule has 1 aliphatic heterocycles. The Morgan fingerprint density at radius 3 is 2.82 bits per heavy atom. The number of H-pyrrole nitrogens is 1. The van der Waals surface area contributed by atoms with Crippen LogP contribution >= 0.6 is 0 Å². The van der Waals surface area contributed by atoms with E-state index in [1.165, 1.54) is 12.1 Å². The molecule has 1 unspecified atom stereocenters. The predicted molar refractivity (Wildman–Crippen MR) is 75.8 cm³/mol. The summed E-state index contributed by atoms with van der Waals surface area (Å²) in [5.41, 5.74) is 2.12. The standard InChI is InChI=1S/C16H15F3N2O/c17-10-2-4-12-11(5-10)14-13(20-12)3-1-9(15(14)22)6-21-7-16(18,19)8-21/h2,4-5,9,20H,1,3,6-8H2. The van der Waals surface area contributed by atoms with Gasteiger partial charge in [0, 0.05) is 34.6 Å². The number of nitrogens with one attached hydrogen (secondary N) is 1. The third-order valence-electron chi connectivity index (χ3n) is 4.59. The molecule has 0 spiro atoms. The second kappa shape index (κ2) is 4.59. The van der Waals surface area contributed by atoms with Gasteiger partial charge in [-0.15, -0.1) is 0 Å². The van der Waals surface area contributed by atoms with E-state index in [2.05, 4.69) is 4.98 Å². The number of ketones is 1. The lowest BCUT2D eigenvalue weighted by Gasteiger charge is -2.40. The average molecular weight is 308 g/mol. The van der Waals surface area contributed by atoms with E-state index in [9.17, 15) is 18.0 Å². The van der Waals surface area contributed by atoms with Gasteiger partial charge < -0.3 is 4.98 Å². The number of hydrogen-bond acceptors (Lipinski definition) is 2. The fourth-order valence-corrected chi connectivity index (χ4v) is 3.57. The average Bonchev–Trinajstić information content (AvgIpc) is 2.78. The van der Waals surface area contributed by atoms with Crippen LogP contribution in [0.3, 0.4) is 0 Å². The summed E-state index contributed by atoms with van der Waals surface area (Å²) in [6.07, 6.45) is 1.33. The molecule has 1 aromatic heterocycles. The number of rotatable bonds is 2. The van der Waals surface area contributed by atoms with E-state index in [4.69, 9.17) is 0 Å². The zero-order valence-corrected chi connectivity index (χ0v) is 11.8. The van der Waals surface area contributed by atoms with E-state index in [1.807, 2.05) is 0 Å². The lowest BCUT2D eigenvalue weighted by molar-refractivity contribution is -0.133. The van der Waals surface area contributed by atoms with Crippen LogP contribution in [0.15, 0.2) is 18.2 Å². The number of alkyl halides is 2. The zero-order chi connectivity index (χ0) is 15.5. The minimum Gasteiger partial charge on any atom is -0.358 e. The summed E-state index contributed by atoms with van der Waals surface area (Å²) in [6.45, 7) is -0.186. The Kier molecular flexibility index (Phi) is 2.88. The van der Waals surface area contributed by atoms with Crippen LogP contribution < -0.4 is 0 Å². The highest BCUT2D eigenvalue weighted by molar-refractivity contribution is 6.11. The summed E-state index contributed by atoms with van der Waals surface area (Å²) in [7, 11) is 0. The second-order valence-electron chi connectivity index (χ2n) is 6.29. The fourth-order valence-electron chi connectivity index (χ4n) is 3.57. The highest BCUT2D eigenvalue weighted by Crippen LogP contribution is 2.34. The molecule has 2 heterocycles. The maximum Gasteiger partial charge on any atom is 0.272 e. The SMILES string of the molecule is O=C1c2c([nH]c3ccc(F)cc23)CCC1CN1CC(F)(F)C1. The van der Waals surface area contributed by atoms with Gasteiger partial charge in [0.15, 0.2) is 5.78 Å². The van der Waals surface area contributed by atoms with Crippen LogP contribution in [0.25, 0.3) is 10.9 Å². The Morgan fingerprint density at radius 2 is 2.09 bits per heavy atom. The number of nitrogens with zero attached hydrogens (tertiary/aromatic N) is 1. The van der Waals surface area contributed by atoms with Gasteiger partial charge in [0.1, 0.15) is 5.82 Å². The molecule has 4 rings (SSSR count). The molecule has 116 valence electrons. The largest absolute Gasteiger partial charge is 0.358 e. The van der Waals surface area contributed by atoms with E-state index < -0.39 is 5.92 Å². The van der Waals surface area contributed by atoms with Crippen molar-refractivity contribution >= 4 is 16.7 Å². The van der Waals surface area contributed by atoms with Crippen molar-refractivity contribution in [2.24, 2.45) is 5.92 Å². The van der Waals surface area contributed by atoms with Gasteiger partial charge in [-0.2, -0.15) is 0 Å². The number of carbonyl (C=O) groups is 1. The van der Waals surface area contributed by atoms with E-state index in [0.717, 1.165) is 11.2 Å². The molecular weight excluding hydrogens is 293 g/mol. The Morgan fingerprint density at radius 1 is 1.32 bits per heavy atom. The highest BCUT2D eigenvalue weighted by atomic mass is 19.3. The Balaban J connectivity index is 1.62. The molecule has 1 fully saturated rings. The molecule has 1 aliphatic carbocycles. The minimum absolute atomic E-state index is 0.0617.